The van der Waals surface area contributed by atoms with Gasteiger partial charge >= 0.3 is 0 Å². The molecule has 1 aliphatic heterocycles. The predicted molar refractivity (Wildman–Crippen MR) is 126 cm³/mol. The first-order valence-electron chi connectivity index (χ1n) is 11.1. The summed E-state index contributed by atoms with van der Waals surface area (Å²) in [6.45, 7) is 0.598. The number of carbonyl (C=O) groups is 1. The van der Waals surface area contributed by atoms with Crippen molar-refractivity contribution in [2.45, 2.75) is 25.3 Å². The summed E-state index contributed by atoms with van der Waals surface area (Å²) in [6.07, 6.45) is 9.47. The molecule has 0 bridgehead atoms. The second-order valence-corrected chi connectivity index (χ2v) is 8.38. The van der Waals surface area contributed by atoms with Crippen LogP contribution in [0.25, 0.3) is 22.4 Å². The van der Waals surface area contributed by atoms with E-state index in [1.165, 1.54) is 12.1 Å². The molecule has 34 heavy (non-hydrogen) atoms. The summed E-state index contributed by atoms with van der Waals surface area (Å²) in [5.41, 5.74) is 10.2. The molecule has 1 aromatic carbocycles. The Balaban J connectivity index is 1.52. The zero-order chi connectivity index (χ0) is 23.7. The van der Waals surface area contributed by atoms with Crippen molar-refractivity contribution in [1.29, 1.82) is 0 Å². The van der Waals surface area contributed by atoms with Crippen LogP contribution >= 0.6 is 0 Å². The van der Waals surface area contributed by atoms with E-state index in [9.17, 15) is 9.18 Å². The van der Waals surface area contributed by atoms with Gasteiger partial charge in [0.25, 0.3) is 5.91 Å². The molecule has 3 aromatic heterocycles. The summed E-state index contributed by atoms with van der Waals surface area (Å²) in [5.74, 6) is -0.278. The minimum absolute atomic E-state index is 0.0977. The zero-order valence-corrected chi connectivity index (χ0v) is 18.7. The highest BCUT2D eigenvalue weighted by molar-refractivity contribution is 5.95. The number of nitrogens with zero attached hydrogens (tertiary/aromatic N) is 6. The largest absolute Gasteiger partial charge is 0.368 e. The summed E-state index contributed by atoms with van der Waals surface area (Å²) in [6, 6.07) is 9.41. The van der Waals surface area contributed by atoms with Gasteiger partial charge in [-0.15, -0.1) is 0 Å². The molecule has 1 atom stereocenters. The average Bonchev–Trinajstić information content (AvgIpc) is 3.30. The zero-order valence-electron chi connectivity index (χ0n) is 18.7. The Morgan fingerprint density at radius 1 is 1.09 bits per heavy atom. The van der Waals surface area contributed by atoms with Crippen LogP contribution in [0, 0.1) is 5.82 Å². The molecule has 0 aliphatic carbocycles. The fourth-order valence-corrected chi connectivity index (χ4v) is 4.41. The molecule has 0 spiro atoms. The molecule has 172 valence electrons. The highest BCUT2D eigenvalue weighted by atomic mass is 19.1. The van der Waals surface area contributed by atoms with Crippen LogP contribution < -0.4 is 5.73 Å². The maximum atomic E-state index is 13.7. The number of aryl methyl sites for hydroxylation is 1. The lowest BCUT2D eigenvalue weighted by atomic mass is 9.93. The third-order valence-electron chi connectivity index (χ3n) is 6.08. The van der Waals surface area contributed by atoms with E-state index in [-0.39, 0.29) is 23.7 Å². The average molecular weight is 458 g/mol. The standard InChI is InChI=1S/C25H24FN7O/c1-32-15-18(13-30-32)21-12-17(9-10-28-21)24(34)33-11-3-2-4-22(33)23-20(14-29-25(27)31-23)16-5-7-19(26)8-6-16/h5-10,12-15,22H,2-4,11H2,1H3,(H2,27,29,31)/t22-/m1/s1. The van der Waals surface area contributed by atoms with Crippen LogP contribution in [0.5, 0.6) is 0 Å². The Kier molecular flexibility index (Phi) is 5.75. The maximum absolute atomic E-state index is 13.7. The molecule has 4 heterocycles. The third-order valence-corrected chi connectivity index (χ3v) is 6.08. The highest BCUT2D eigenvalue weighted by Crippen LogP contribution is 2.37. The Morgan fingerprint density at radius 3 is 2.68 bits per heavy atom. The molecule has 4 aromatic rings. The summed E-state index contributed by atoms with van der Waals surface area (Å²) in [7, 11) is 1.84. The number of pyridine rings is 1. The van der Waals surface area contributed by atoms with E-state index in [2.05, 4.69) is 20.1 Å². The highest BCUT2D eigenvalue weighted by Gasteiger charge is 2.32. The number of hydrogen-bond donors (Lipinski definition) is 1. The van der Waals surface area contributed by atoms with Crippen molar-refractivity contribution in [3.63, 3.8) is 0 Å². The summed E-state index contributed by atoms with van der Waals surface area (Å²) in [5, 5.41) is 4.19. The number of hydrogen-bond acceptors (Lipinski definition) is 6. The minimum atomic E-state index is -0.321. The van der Waals surface area contributed by atoms with Gasteiger partial charge in [0, 0.05) is 48.9 Å². The molecule has 1 saturated heterocycles. The molecule has 0 unspecified atom stereocenters. The fraction of sp³-hybridized carbons (Fsp3) is 0.240. The topological polar surface area (TPSA) is 103 Å². The Labute approximate surface area is 196 Å². The number of rotatable bonds is 4. The number of aromatic nitrogens is 5. The molecule has 0 saturated carbocycles. The van der Waals surface area contributed by atoms with Gasteiger partial charge in [-0.05, 0) is 49.1 Å². The molecule has 5 rings (SSSR count). The maximum Gasteiger partial charge on any atom is 0.254 e. The number of benzene rings is 1. The molecule has 0 radical (unpaired) electrons. The van der Waals surface area contributed by atoms with Gasteiger partial charge in [0.2, 0.25) is 5.95 Å². The number of amides is 1. The molecule has 9 heteroatoms. The molecular weight excluding hydrogens is 433 g/mol. The van der Waals surface area contributed by atoms with Crippen molar-refractivity contribution in [1.82, 2.24) is 29.6 Å². The quantitative estimate of drug-likeness (QED) is 0.496. The van der Waals surface area contributed by atoms with Crippen LogP contribution in [0.3, 0.4) is 0 Å². The first-order chi connectivity index (χ1) is 16.5. The SMILES string of the molecule is Cn1cc(-c2cc(C(=O)N3CCCC[C@@H]3c3nc(N)ncc3-c3ccc(F)cc3)ccn2)cn1. The molecule has 1 fully saturated rings. The van der Waals surface area contributed by atoms with Crippen molar-refractivity contribution >= 4 is 11.9 Å². The van der Waals surface area contributed by atoms with Crippen molar-refractivity contribution in [3.05, 3.63) is 78.3 Å². The molecule has 8 nitrogen and oxygen atoms in total. The summed E-state index contributed by atoms with van der Waals surface area (Å²) >= 11 is 0. The fourth-order valence-electron chi connectivity index (χ4n) is 4.41. The van der Waals surface area contributed by atoms with Gasteiger partial charge in [-0.2, -0.15) is 5.10 Å². The first-order valence-corrected chi connectivity index (χ1v) is 11.1. The van der Waals surface area contributed by atoms with E-state index in [0.29, 0.717) is 23.5 Å². The second kappa shape index (κ2) is 9.01. The van der Waals surface area contributed by atoms with E-state index >= 15 is 0 Å². The second-order valence-electron chi connectivity index (χ2n) is 8.38. The number of likely N-dealkylation sites (tertiary alicyclic amines) is 1. The first kappa shape index (κ1) is 21.7. The van der Waals surface area contributed by atoms with Gasteiger partial charge in [0.05, 0.1) is 23.6 Å². The lowest BCUT2D eigenvalue weighted by molar-refractivity contribution is 0.0607. The van der Waals surface area contributed by atoms with Crippen molar-refractivity contribution < 1.29 is 9.18 Å². The van der Waals surface area contributed by atoms with Gasteiger partial charge < -0.3 is 10.6 Å². The molecule has 2 N–H and O–H groups in total. The van der Waals surface area contributed by atoms with Crippen LogP contribution in [-0.2, 0) is 7.05 Å². The van der Waals surface area contributed by atoms with Gasteiger partial charge in [0.1, 0.15) is 5.82 Å². The van der Waals surface area contributed by atoms with Crippen LogP contribution in [0.1, 0.15) is 41.4 Å². The van der Waals surface area contributed by atoms with E-state index in [1.807, 2.05) is 18.1 Å². The van der Waals surface area contributed by atoms with Crippen molar-refractivity contribution in [3.8, 4) is 22.4 Å². The van der Waals surface area contributed by atoms with E-state index < -0.39 is 0 Å². The Hall–Kier alpha value is -4.14. The monoisotopic (exact) mass is 457 g/mol. The third kappa shape index (κ3) is 4.24. The number of piperidine rings is 1. The van der Waals surface area contributed by atoms with Crippen LogP contribution in [-0.4, -0.2) is 42.1 Å². The summed E-state index contributed by atoms with van der Waals surface area (Å²) in [4.78, 5) is 28.7. The number of nitrogen functional groups attached to an aromatic ring is 1. The predicted octanol–water partition coefficient (Wildman–Crippen LogP) is 4.03. The van der Waals surface area contributed by atoms with Crippen LogP contribution in [0.4, 0.5) is 10.3 Å². The van der Waals surface area contributed by atoms with Crippen LogP contribution in [0.15, 0.2) is 61.2 Å². The Bertz CT molecular complexity index is 1340. The minimum Gasteiger partial charge on any atom is -0.368 e. The molecular formula is C25H24FN7O. The van der Waals surface area contributed by atoms with Gasteiger partial charge in [0.15, 0.2) is 0 Å². The smallest absolute Gasteiger partial charge is 0.254 e. The number of nitrogens with two attached hydrogens (primary N) is 1. The number of halogens is 1. The normalized spacial score (nSPS) is 15.9. The van der Waals surface area contributed by atoms with E-state index in [1.54, 1.807) is 47.5 Å². The summed E-state index contributed by atoms with van der Waals surface area (Å²) < 4.78 is 15.2. The van der Waals surface area contributed by atoms with Gasteiger partial charge in [-0.25, -0.2) is 14.4 Å². The molecule has 1 amide bonds. The molecule has 1 aliphatic rings. The lowest BCUT2D eigenvalue weighted by Crippen LogP contribution is -2.39. The number of anilines is 1. The number of carbonyl (C=O) groups excluding carboxylic acids is 1. The van der Waals surface area contributed by atoms with Gasteiger partial charge in [-0.1, -0.05) is 12.1 Å². The van der Waals surface area contributed by atoms with Crippen molar-refractivity contribution in [2.24, 2.45) is 7.05 Å². The Morgan fingerprint density at radius 2 is 1.91 bits per heavy atom. The van der Waals surface area contributed by atoms with Crippen LogP contribution in [0.2, 0.25) is 0 Å². The van der Waals surface area contributed by atoms with Gasteiger partial charge in [-0.3, -0.25) is 14.5 Å². The van der Waals surface area contributed by atoms with E-state index in [0.717, 1.165) is 36.0 Å². The lowest BCUT2D eigenvalue weighted by Gasteiger charge is -2.36. The van der Waals surface area contributed by atoms with Crippen molar-refractivity contribution in [2.75, 3.05) is 12.3 Å². The van der Waals surface area contributed by atoms with E-state index in [4.69, 9.17) is 5.73 Å².